The van der Waals surface area contributed by atoms with Crippen LogP contribution < -0.4 is 10.6 Å². The van der Waals surface area contributed by atoms with E-state index >= 15 is 0 Å². The average molecular weight is 154 g/mol. The van der Waals surface area contributed by atoms with Crippen molar-refractivity contribution < 1.29 is 9.59 Å². The van der Waals surface area contributed by atoms with Crippen LogP contribution >= 0.6 is 0 Å². The van der Waals surface area contributed by atoms with Gasteiger partial charge in [0.25, 0.3) is 0 Å². The molecule has 2 fully saturated rings. The number of hydrogen-bond acceptors (Lipinski definition) is 2. The zero-order valence-corrected chi connectivity index (χ0v) is 6.09. The van der Waals surface area contributed by atoms with Crippen molar-refractivity contribution in [2.75, 3.05) is 13.1 Å². The number of nitrogens with one attached hydrogen (secondary N) is 2. The van der Waals surface area contributed by atoms with Crippen molar-refractivity contribution in [2.24, 2.45) is 11.8 Å². The van der Waals surface area contributed by atoms with E-state index in [-0.39, 0.29) is 17.7 Å². The Labute approximate surface area is 64.3 Å². The molecule has 2 amide bonds. The Hall–Kier alpha value is -1.06. The topological polar surface area (TPSA) is 58.2 Å². The van der Waals surface area contributed by atoms with Crippen LogP contribution in [0.5, 0.6) is 0 Å². The molecule has 0 aromatic heterocycles. The predicted octanol–water partition coefficient (Wildman–Crippen LogP) is -1.13. The summed E-state index contributed by atoms with van der Waals surface area (Å²) in [6, 6.07) is 0. The van der Waals surface area contributed by atoms with Gasteiger partial charge in [-0.1, -0.05) is 0 Å². The molecular formula is C7H10N2O2. The Morgan fingerprint density at radius 3 is 2.73 bits per heavy atom. The fourth-order valence-electron chi connectivity index (χ4n) is 1.71. The minimum Gasteiger partial charge on any atom is -0.356 e. The highest BCUT2D eigenvalue weighted by molar-refractivity contribution is 5.88. The molecule has 2 aliphatic rings. The highest BCUT2D eigenvalue weighted by atomic mass is 16.2. The lowest BCUT2D eigenvalue weighted by Crippen LogP contribution is -2.40. The summed E-state index contributed by atoms with van der Waals surface area (Å²) in [4.78, 5) is 21.9. The van der Waals surface area contributed by atoms with Gasteiger partial charge >= 0.3 is 0 Å². The van der Waals surface area contributed by atoms with E-state index < -0.39 is 0 Å². The second kappa shape index (κ2) is 2.22. The number of fused-ring (bicyclic) bond motifs is 1. The van der Waals surface area contributed by atoms with Crippen LogP contribution in [0.4, 0.5) is 0 Å². The SMILES string of the molecule is O=C1C[C@@H]2C(=O)NC[C@@H]2CN1. The molecule has 60 valence electrons. The van der Waals surface area contributed by atoms with Crippen LogP contribution in [0.3, 0.4) is 0 Å². The Balaban J connectivity index is 2.13. The van der Waals surface area contributed by atoms with Gasteiger partial charge in [-0.05, 0) is 0 Å². The first kappa shape index (κ1) is 6.64. The lowest BCUT2D eigenvalue weighted by atomic mass is 9.89. The molecule has 11 heavy (non-hydrogen) atoms. The molecule has 2 heterocycles. The van der Waals surface area contributed by atoms with Gasteiger partial charge in [0.2, 0.25) is 11.8 Å². The summed E-state index contributed by atoms with van der Waals surface area (Å²) < 4.78 is 0. The Morgan fingerprint density at radius 2 is 1.91 bits per heavy atom. The number of amides is 2. The van der Waals surface area contributed by atoms with E-state index in [2.05, 4.69) is 10.6 Å². The molecule has 0 aromatic carbocycles. The van der Waals surface area contributed by atoms with Crippen LogP contribution in [0, 0.1) is 11.8 Å². The molecule has 2 rings (SSSR count). The van der Waals surface area contributed by atoms with E-state index in [1.165, 1.54) is 0 Å². The molecule has 2 saturated heterocycles. The molecule has 0 radical (unpaired) electrons. The number of piperidine rings is 1. The van der Waals surface area contributed by atoms with Crippen molar-refractivity contribution in [3.8, 4) is 0 Å². The van der Waals surface area contributed by atoms with Crippen LogP contribution in [-0.4, -0.2) is 24.9 Å². The highest BCUT2D eigenvalue weighted by Crippen LogP contribution is 2.23. The normalized spacial score (nSPS) is 36.0. The van der Waals surface area contributed by atoms with Crippen molar-refractivity contribution in [1.29, 1.82) is 0 Å². The minimum atomic E-state index is -0.0521. The van der Waals surface area contributed by atoms with Crippen LogP contribution in [0.2, 0.25) is 0 Å². The van der Waals surface area contributed by atoms with E-state index in [0.29, 0.717) is 18.9 Å². The molecule has 0 aromatic rings. The Bertz CT molecular complexity index is 214. The van der Waals surface area contributed by atoms with Crippen molar-refractivity contribution in [2.45, 2.75) is 6.42 Å². The average Bonchev–Trinajstić information content (AvgIpc) is 2.33. The summed E-state index contributed by atoms with van der Waals surface area (Å²) in [5.41, 5.74) is 0. The molecule has 0 bridgehead atoms. The first-order valence-electron chi connectivity index (χ1n) is 3.82. The van der Waals surface area contributed by atoms with E-state index in [4.69, 9.17) is 0 Å². The quantitative estimate of drug-likeness (QED) is 0.464. The van der Waals surface area contributed by atoms with Crippen LogP contribution in [0.1, 0.15) is 6.42 Å². The molecule has 2 aliphatic heterocycles. The third-order valence-electron chi connectivity index (χ3n) is 2.41. The summed E-state index contributed by atoms with van der Waals surface area (Å²) >= 11 is 0. The molecule has 0 spiro atoms. The molecule has 0 saturated carbocycles. The lowest BCUT2D eigenvalue weighted by molar-refractivity contribution is -0.131. The molecule has 2 atom stereocenters. The van der Waals surface area contributed by atoms with E-state index in [1.807, 2.05) is 0 Å². The van der Waals surface area contributed by atoms with Gasteiger partial charge in [-0.25, -0.2) is 0 Å². The van der Waals surface area contributed by atoms with Gasteiger partial charge in [-0.2, -0.15) is 0 Å². The van der Waals surface area contributed by atoms with Gasteiger partial charge in [0.15, 0.2) is 0 Å². The number of carbonyl (C=O) groups is 2. The molecule has 0 aliphatic carbocycles. The van der Waals surface area contributed by atoms with E-state index in [0.717, 1.165) is 6.54 Å². The summed E-state index contributed by atoms with van der Waals surface area (Å²) in [6.07, 6.45) is 0.372. The zero-order chi connectivity index (χ0) is 7.84. The third-order valence-corrected chi connectivity index (χ3v) is 2.41. The number of carbonyl (C=O) groups excluding carboxylic acids is 2. The smallest absolute Gasteiger partial charge is 0.224 e. The van der Waals surface area contributed by atoms with Crippen molar-refractivity contribution in [3.05, 3.63) is 0 Å². The van der Waals surface area contributed by atoms with Crippen molar-refractivity contribution in [3.63, 3.8) is 0 Å². The van der Waals surface area contributed by atoms with E-state index in [1.54, 1.807) is 0 Å². The van der Waals surface area contributed by atoms with E-state index in [9.17, 15) is 9.59 Å². The first-order valence-corrected chi connectivity index (χ1v) is 3.82. The fraction of sp³-hybridized carbons (Fsp3) is 0.714. The van der Waals surface area contributed by atoms with Crippen molar-refractivity contribution >= 4 is 11.8 Å². The highest BCUT2D eigenvalue weighted by Gasteiger charge is 2.38. The molecule has 4 heteroatoms. The Morgan fingerprint density at radius 1 is 1.18 bits per heavy atom. The fourth-order valence-corrected chi connectivity index (χ4v) is 1.71. The summed E-state index contributed by atoms with van der Waals surface area (Å²) in [7, 11) is 0. The molecular weight excluding hydrogens is 144 g/mol. The standard InChI is InChI=1S/C7H10N2O2/c10-6-1-5-4(2-8-6)3-9-7(5)11/h4-5H,1-3H2,(H,8,10)(H,9,11)/t4-,5-/m0/s1. The maximum Gasteiger partial charge on any atom is 0.224 e. The lowest BCUT2D eigenvalue weighted by Gasteiger charge is -2.22. The third kappa shape index (κ3) is 0.982. The predicted molar refractivity (Wildman–Crippen MR) is 37.6 cm³/mol. The van der Waals surface area contributed by atoms with Gasteiger partial charge in [0.1, 0.15) is 0 Å². The second-order valence-corrected chi connectivity index (χ2v) is 3.12. The largest absolute Gasteiger partial charge is 0.356 e. The van der Waals surface area contributed by atoms with Crippen LogP contribution in [0.15, 0.2) is 0 Å². The minimum absolute atomic E-state index is 0.00306. The number of hydrogen-bond donors (Lipinski definition) is 2. The zero-order valence-electron chi connectivity index (χ0n) is 6.09. The maximum absolute atomic E-state index is 11.1. The number of rotatable bonds is 0. The van der Waals surface area contributed by atoms with Gasteiger partial charge in [-0.15, -0.1) is 0 Å². The monoisotopic (exact) mass is 154 g/mol. The van der Waals surface area contributed by atoms with Gasteiger partial charge < -0.3 is 10.6 Å². The Kier molecular flexibility index (Phi) is 1.34. The molecule has 2 N–H and O–H groups in total. The molecule has 4 nitrogen and oxygen atoms in total. The second-order valence-electron chi connectivity index (χ2n) is 3.12. The maximum atomic E-state index is 11.1. The summed E-state index contributed by atoms with van der Waals surface area (Å²) in [5.74, 6) is 0.331. The summed E-state index contributed by atoms with van der Waals surface area (Å²) in [5, 5.41) is 5.49. The van der Waals surface area contributed by atoms with Crippen LogP contribution in [0.25, 0.3) is 0 Å². The van der Waals surface area contributed by atoms with Gasteiger partial charge in [0.05, 0.1) is 5.92 Å². The summed E-state index contributed by atoms with van der Waals surface area (Å²) in [6.45, 7) is 1.38. The van der Waals surface area contributed by atoms with Crippen LogP contribution in [-0.2, 0) is 9.59 Å². The van der Waals surface area contributed by atoms with Gasteiger partial charge in [0, 0.05) is 25.4 Å². The molecule has 0 unspecified atom stereocenters. The first-order chi connectivity index (χ1) is 5.27. The van der Waals surface area contributed by atoms with Crippen molar-refractivity contribution in [1.82, 2.24) is 10.6 Å². The van der Waals surface area contributed by atoms with Gasteiger partial charge in [-0.3, -0.25) is 9.59 Å².